The van der Waals surface area contributed by atoms with Crippen molar-refractivity contribution in [2.75, 3.05) is 26.1 Å². The second-order valence-corrected chi connectivity index (χ2v) is 6.18. The molecule has 0 radical (unpaired) electrons. The van der Waals surface area contributed by atoms with Crippen molar-refractivity contribution < 1.29 is 23.5 Å². The van der Waals surface area contributed by atoms with Gasteiger partial charge in [-0.15, -0.1) is 0 Å². The van der Waals surface area contributed by atoms with E-state index in [4.69, 9.17) is 32.7 Å². The van der Waals surface area contributed by atoms with Gasteiger partial charge in [-0.3, -0.25) is 9.59 Å². The Labute approximate surface area is 165 Å². The van der Waals surface area contributed by atoms with Gasteiger partial charge in [-0.05, 0) is 24.3 Å². The molecule has 0 aliphatic heterocycles. The molecule has 27 heavy (non-hydrogen) atoms. The van der Waals surface area contributed by atoms with Crippen molar-refractivity contribution in [2.24, 2.45) is 0 Å². The lowest BCUT2D eigenvalue weighted by Crippen LogP contribution is -2.28. The van der Waals surface area contributed by atoms with Gasteiger partial charge in [-0.1, -0.05) is 23.2 Å². The number of amides is 2. The summed E-state index contributed by atoms with van der Waals surface area (Å²) in [7, 11) is 2.92. The molecule has 0 bridgehead atoms. The molecule has 0 aliphatic rings. The molecule has 2 amide bonds. The molecule has 2 aromatic carbocycles. The molecule has 2 N–H and O–H groups in total. The minimum Gasteiger partial charge on any atom is -0.495 e. The van der Waals surface area contributed by atoms with Crippen LogP contribution in [0.2, 0.25) is 10.0 Å². The molecule has 0 unspecified atom stereocenters. The summed E-state index contributed by atoms with van der Waals surface area (Å²) in [4.78, 5) is 24.1. The third-order valence-corrected chi connectivity index (χ3v) is 4.17. The van der Waals surface area contributed by atoms with Gasteiger partial charge in [-0.2, -0.15) is 0 Å². The Kier molecular flexibility index (Phi) is 7.27. The van der Waals surface area contributed by atoms with Crippen molar-refractivity contribution in [3.8, 4) is 11.5 Å². The van der Waals surface area contributed by atoms with Crippen molar-refractivity contribution >= 4 is 40.7 Å². The van der Waals surface area contributed by atoms with Crippen LogP contribution >= 0.6 is 23.2 Å². The number of ether oxygens (including phenoxy) is 2. The van der Waals surface area contributed by atoms with Gasteiger partial charge in [0.25, 0.3) is 5.91 Å². The van der Waals surface area contributed by atoms with E-state index in [1.807, 2.05) is 0 Å². The van der Waals surface area contributed by atoms with E-state index in [1.54, 1.807) is 6.07 Å². The lowest BCUT2D eigenvalue weighted by atomic mass is 10.2. The lowest BCUT2D eigenvalue weighted by Gasteiger charge is -2.13. The molecule has 6 nitrogen and oxygen atoms in total. The molecule has 0 heterocycles. The first-order valence-electron chi connectivity index (χ1n) is 7.80. The highest BCUT2D eigenvalue weighted by Gasteiger charge is 2.14. The number of nitrogens with one attached hydrogen (secondary N) is 2. The molecule has 2 aromatic rings. The second-order valence-electron chi connectivity index (χ2n) is 5.37. The summed E-state index contributed by atoms with van der Waals surface area (Å²) < 4.78 is 23.3. The topological polar surface area (TPSA) is 76.7 Å². The van der Waals surface area contributed by atoms with E-state index in [0.29, 0.717) is 22.2 Å². The van der Waals surface area contributed by atoms with Crippen LogP contribution in [0.3, 0.4) is 0 Å². The zero-order valence-corrected chi connectivity index (χ0v) is 16.1. The van der Waals surface area contributed by atoms with Gasteiger partial charge in [-0.25, -0.2) is 4.39 Å². The summed E-state index contributed by atoms with van der Waals surface area (Å²) in [6.45, 7) is 0.0601. The summed E-state index contributed by atoms with van der Waals surface area (Å²) in [5.41, 5.74) is 0.503. The summed E-state index contributed by atoms with van der Waals surface area (Å²) in [5.74, 6) is -0.609. The Morgan fingerprint density at radius 1 is 1.04 bits per heavy atom. The normalized spacial score (nSPS) is 10.3. The lowest BCUT2D eigenvalue weighted by molar-refractivity contribution is -0.116. The highest BCUT2D eigenvalue weighted by molar-refractivity contribution is 6.34. The zero-order chi connectivity index (χ0) is 20.0. The number of carbonyl (C=O) groups excluding carboxylic acids is 2. The fraction of sp³-hybridized carbons (Fsp3) is 0.222. The maximum absolute atomic E-state index is 13.0. The molecule has 144 valence electrons. The third kappa shape index (κ3) is 5.48. The van der Waals surface area contributed by atoms with Gasteiger partial charge in [0.05, 0.1) is 35.5 Å². The monoisotopic (exact) mass is 414 g/mol. The van der Waals surface area contributed by atoms with Gasteiger partial charge in [0.2, 0.25) is 5.91 Å². The fourth-order valence-corrected chi connectivity index (χ4v) is 2.72. The molecule has 0 fully saturated rings. The molecule has 0 atom stereocenters. The Hall–Kier alpha value is -2.51. The maximum Gasteiger partial charge on any atom is 0.252 e. The zero-order valence-electron chi connectivity index (χ0n) is 14.6. The molecule has 0 aromatic heterocycles. The van der Waals surface area contributed by atoms with E-state index < -0.39 is 11.7 Å². The van der Waals surface area contributed by atoms with Crippen LogP contribution in [0, 0.1) is 5.82 Å². The molecule has 0 saturated heterocycles. The summed E-state index contributed by atoms with van der Waals surface area (Å²) in [5, 5.41) is 5.51. The van der Waals surface area contributed by atoms with E-state index in [9.17, 15) is 14.0 Å². The van der Waals surface area contributed by atoms with Crippen LogP contribution in [0.4, 0.5) is 10.1 Å². The Bertz CT molecular complexity index is 861. The van der Waals surface area contributed by atoms with E-state index in [2.05, 4.69) is 10.6 Å². The fourth-order valence-electron chi connectivity index (χ4n) is 2.23. The van der Waals surface area contributed by atoms with Gasteiger partial charge >= 0.3 is 0 Å². The Morgan fingerprint density at radius 3 is 2.37 bits per heavy atom. The van der Waals surface area contributed by atoms with E-state index in [0.717, 1.165) is 12.1 Å². The number of carbonyl (C=O) groups is 2. The smallest absolute Gasteiger partial charge is 0.252 e. The molecular formula is C18H17Cl2FN2O4. The first-order chi connectivity index (χ1) is 12.8. The van der Waals surface area contributed by atoms with Crippen LogP contribution in [0.25, 0.3) is 0 Å². The van der Waals surface area contributed by atoms with E-state index in [-0.39, 0.29) is 29.5 Å². The van der Waals surface area contributed by atoms with Gasteiger partial charge < -0.3 is 20.1 Å². The van der Waals surface area contributed by atoms with Crippen molar-refractivity contribution in [3.63, 3.8) is 0 Å². The summed E-state index contributed by atoms with van der Waals surface area (Å²) >= 11 is 11.9. The van der Waals surface area contributed by atoms with Crippen molar-refractivity contribution in [1.82, 2.24) is 5.32 Å². The molecule has 9 heteroatoms. The van der Waals surface area contributed by atoms with Crippen LogP contribution in [0.5, 0.6) is 11.5 Å². The van der Waals surface area contributed by atoms with Crippen LogP contribution in [-0.4, -0.2) is 32.6 Å². The standard InChI is InChI=1S/C18H17Cl2FN2O4/c1-26-15-9-16(27-2)14(8-13(15)20)23-17(24)5-6-22-18(25)11-4-3-10(21)7-12(11)19/h3-4,7-9H,5-6H2,1-2H3,(H,22,25)(H,23,24). The highest BCUT2D eigenvalue weighted by Crippen LogP contribution is 2.35. The molecular weight excluding hydrogens is 398 g/mol. The largest absolute Gasteiger partial charge is 0.495 e. The van der Waals surface area contributed by atoms with Gasteiger partial charge in [0.15, 0.2) is 0 Å². The highest BCUT2D eigenvalue weighted by atomic mass is 35.5. The second kappa shape index (κ2) is 9.43. The average Bonchev–Trinajstić information content (AvgIpc) is 2.61. The third-order valence-electron chi connectivity index (χ3n) is 3.56. The van der Waals surface area contributed by atoms with Crippen molar-refractivity contribution in [1.29, 1.82) is 0 Å². The minimum atomic E-state index is -0.539. The summed E-state index contributed by atoms with van der Waals surface area (Å²) in [6.07, 6.45) is -0.00262. The van der Waals surface area contributed by atoms with Crippen molar-refractivity contribution in [2.45, 2.75) is 6.42 Å². The number of halogens is 3. The van der Waals surface area contributed by atoms with Crippen LogP contribution in [0.15, 0.2) is 30.3 Å². The Balaban J connectivity index is 1.93. The number of rotatable bonds is 7. The number of benzene rings is 2. The van der Waals surface area contributed by atoms with Crippen LogP contribution < -0.4 is 20.1 Å². The van der Waals surface area contributed by atoms with Crippen LogP contribution in [-0.2, 0) is 4.79 Å². The number of hydrogen-bond donors (Lipinski definition) is 2. The number of methoxy groups -OCH3 is 2. The molecule has 0 aliphatic carbocycles. The Morgan fingerprint density at radius 2 is 1.74 bits per heavy atom. The first kappa shape index (κ1) is 20.8. The van der Waals surface area contributed by atoms with E-state index >= 15 is 0 Å². The average molecular weight is 415 g/mol. The summed E-state index contributed by atoms with van der Waals surface area (Å²) in [6, 6.07) is 6.51. The van der Waals surface area contributed by atoms with Gasteiger partial charge in [0, 0.05) is 19.0 Å². The van der Waals surface area contributed by atoms with Gasteiger partial charge in [0.1, 0.15) is 17.3 Å². The van der Waals surface area contributed by atoms with E-state index in [1.165, 1.54) is 26.4 Å². The number of hydrogen-bond acceptors (Lipinski definition) is 4. The van der Waals surface area contributed by atoms with Crippen molar-refractivity contribution in [3.05, 3.63) is 51.8 Å². The SMILES string of the molecule is COc1cc(OC)c(NC(=O)CCNC(=O)c2ccc(F)cc2Cl)cc1Cl. The quantitative estimate of drug-likeness (QED) is 0.719. The molecule has 0 saturated carbocycles. The van der Waals surface area contributed by atoms with Crippen LogP contribution in [0.1, 0.15) is 16.8 Å². The maximum atomic E-state index is 13.0. The molecule has 2 rings (SSSR count). The molecule has 0 spiro atoms. The minimum absolute atomic E-state index is 0.00262. The predicted molar refractivity (Wildman–Crippen MR) is 102 cm³/mol. The number of anilines is 1. The first-order valence-corrected chi connectivity index (χ1v) is 8.56. The predicted octanol–water partition coefficient (Wildman–Crippen LogP) is 3.91.